The normalized spacial score (nSPS) is 10.2. The number of carbonyl (C=O) groups is 1. The second-order valence-corrected chi connectivity index (χ2v) is 5.33. The largest absolute Gasteiger partial charge is 0.465 e. The molecule has 0 saturated carbocycles. The number of ether oxygens (including phenoxy) is 1. The van der Waals surface area contributed by atoms with Crippen LogP contribution in [0.3, 0.4) is 0 Å². The minimum atomic E-state index is -0.465. The van der Waals surface area contributed by atoms with Gasteiger partial charge in [0.25, 0.3) is 0 Å². The van der Waals surface area contributed by atoms with Crippen LogP contribution in [0.25, 0.3) is 0 Å². The molecule has 0 unspecified atom stereocenters. The van der Waals surface area contributed by atoms with E-state index in [0.29, 0.717) is 27.6 Å². The highest BCUT2D eigenvalue weighted by atomic mass is 79.9. The number of methoxy groups -OCH3 is 1. The first-order valence-electron chi connectivity index (χ1n) is 5.72. The van der Waals surface area contributed by atoms with E-state index in [-0.39, 0.29) is 0 Å². The maximum absolute atomic E-state index is 11.8. The second-order valence-electron chi connectivity index (χ2n) is 4.01. The highest BCUT2D eigenvalue weighted by Gasteiger charge is 2.15. The van der Waals surface area contributed by atoms with Crippen molar-refractivity contribution in [3.05, 3.63) is 51.5 Å². The summed E-state index contributed by atoms with van der Waals surface area (Å²) in [6.07, 6.45) is 0. The zero-order valence-electron chi connectivity index (χ0n) is 10.6. The van der Waals surface area contributed by atoms with E-state index in [2.05, 4.69) is 21.2 Å². The Balaban J connectivity index is 2.45. The lowest BCUT2D eigenvalue weighted by atomic mass is 10.1. The maximum Gasteiger partial charge on any atom is 0.340 e. The SMILES string of the molecule is COC(=O)c1cccc(N)c1Nc1ccc(Br)cc1Cl. The number of nitrogens with one attached hydrogen (secondary N) is 1. The topological polar surface area (TPSA) is 64.3 Å². The van der Waals surface area contributed by atoms with Gasteiger partial charge in [0.05, 0.1) is 34.8 Å². The van der Waals surface area contributed by atoms with E-state index in [1.165, 1.54) is 7.11 Å². The van der Waals surface area contributed by atoms with Crippen LogP contribution in [-0.4, -0.2) is 13.1 Å². The zero-order chi connectivity index (χ0) is 14.7. The molecule has 6 heteroatoms. The molecule has 0 spiro atoms. The third-order valence-electron chi connectivity index (χ3n) is 2.69. The number of anilines is 3. The number of hydrogen-bond acceptors (Lipinski definition) is 4. The average Bonchev–Trinajstić information content (AvgIpc) is 2.42. The van der Waals surface area contributed by atoms with Crippen LogP contribution in [0.1, 0.15) is 10.4 Å². The molecule has 0 aliphatic carbocycles. The number of nitrogens with two attached hydrogens (primary N) is 1. The summed E-state index contributed by atoms with van der Waals surface area (Å²) in [7, 11) is 1.32. The van der Waals surface area contributed by atoms with Crippen LogP contribution in [0.4, 0.5) is 17.1 Å². The van der Waals surface area contributed by atoms with Crippen molar-refractivity contribution in [2.24, 2.45) is 0 Å². The van der Waals surface area contributed by atoms with Crippen LogP contribution in [0.5, 0.6) is 0 Å². The Bertz CT molecular complexity index is 662. The molecule has 0 aliphatic heterocycles. The molecule has 2 rings (SSSR count). The predicted molar refractivity (Wildman–Crippen MR) is 84.6 cm³/mol. The van der Waals surface area contributed by atoms with Crippen molar-refractivity contribution in [3.8, 4) is 0 Å². The molecule has 0 aromatic heterocycles. The van der Waals surface area contributed by atoms with E-state index >= 15 is 0 Å². The molecule has 2 aromatic carbocycles. The zero-order valence-corrected chi connectivity index (χ0v) is 13.0. The molecular weight excluding hydrogens is 344 g/mol. The number of esters is 1. The molecular formula is C14H12BrClN2O2. The molecule has 0 amide bonds. The number of rotatable bonds is 3. The molecule has 104 valence electrons. The van der Waals surface area contributed by atoms with Gasteiger partial charge >= 0.3 is 5.97 Å². The third-order valence-corrected chi connectivity index (χ3v) is 3.50. The molecule has 0 heterocycles. The molecule has 0 saturated heterocycles. The Labute approximate surface area is 130 Å². The van der Waals surface area contributed by atoms with Gasteiger partial charge in [-0.3, -0.25) is 0 Å². The quantitative estimate of drug-likeness (QED) is 0.639. The van der Waals surface area contributed by atoms with Crippen LogP contribution >= 0.6 is 27.5 Å². The first-order chi connectivity index (χ1) is 9.52. The fourth-order valence-electron chi connectivity index (χ4n) is 1.72. The molecule has 0 aliphatic rings. The van der Waals surface area contributed by atoms with E-state index in [9.17, 15) is 4.79 Å². The lowest BCUT2D eigenvalue weighted by molar-refractivity contribution is 0.0602. The van der Waals surface area contributed by atoms with Crippen LogP contribution in [0.2, 0.25) is 5.02 Å². The summed E-state index contributed by atoms with van der Waals surface area (Å²) in [4.78, 5) is 11.8. The number of hydrogen-bond donors (Lipinski definition) is 2. The molecule has 3 N–H and O–H groups in total. The van der Waals surface area contributed by atoms with Crippen molar-refractivity contribution < 1.29 is 9.53 Å². The fourth-order valence-corrected chi connectivity index (χ4v) is 2.44. The van der Waals surface area contributed by atoms with E-state index in [4.69, 9.17) is 22.1 Å². The van der Waals surface area contributed by atoms with Crippen LogP contribution < -0.4 is 11.1 Å². The third kappa shape index (κ3) is 3.05. The fraction of sp³-hybridized carbons (Fsp3) is 0.0714. The van der Waals surface area contributed by atoms with E-state index < -0.39 is 5.97 Å². The lowest BCUT2D eigenvalue weighted by Gasteiger charge is -2.14. The van der Waals surface area contributed by atoms with Gasteiger partial charge < -0.3 is 15.8 Å². The van der Waals surface area contributed by atoms with Crippen molar-refractivity contribution in [2.45, 2.75) is 0 Å². The summed E-state index contributed by atoms with van der Waals surface area (Å²) >= 11 is 9.48. The van der Waals surface area contributed by atoms with Crippen molar-refractivity contribution in [1.82, 2.24) is 0 Å². The van der Waals surface area contributed by atoms with Gasteiger partial charge in [0.1, 0.15) is 0 Å². The Morgan fingerprint density at radius 1 is 1.35 bits per heavy atom. The summed E-state index contributed by atoms with van der Waals surface area (Å²) in [6, 6.07) is 10.4. The van der Waals surface area contributed by atoms with Gasteiger partial charge in [0.15, 0.2) is 0 Å². The van der Waals surface area contributed by atoms with Crippen LogP contribution in [0.15, 0.2) is 40.9 Å². The van der Waals surface area contributed by atoms with Crippen molar-refractivity contribution in [2.75, 3.05) is 18.2 Å². The van der Waals surface area contributed by atoms with Gasteiger partial charge in [-0.2, -0.15) is 0 Å². The standard InChI is InChI=1S/C14H12BrClN2O2/c1-20-14(19)9-3-2-4-11(17)13(9)18-12-6-5-8(15)7-10(12)16/h2-7,18H,17H2,1H3. The van der Waals surface area contributed by atoms with Crippen molar-refractivity contribution in [3.63, 3.8) is 0 Å². The van der Waals surface area contributed by atoms with E-state index in [1.54, 1.807) is 30.3 Å². The lowest BCUT2D eigenvalue weighted by Crippen LogP contribution is -2.08. The number of benzene rings is 2. The summed E-state index contributed by atoms with van der Waals surface area (Å²) in [6.45, 7) is 0. The number of carbonyl (C=O) groups excluding carboxylic acids is 1. The molecule has 4 nitrogen and oxygen atoms in total. The van der Waals surface area contributed by atoms with Gasteiger partial charge in [-0.1, -0.05) is 33.6 Å². The van der Waals surface area contributed by atoms with Crippen molar-refractivity contribution in [1.29, 1.82) is 0 Å². The van der Waals surface area contributed by atoms with E-state index in [0.717, 1.165) is 4.47 Å². The van der Waals surface area contributed by atoms with Crippen LogP contribution in [-0.2, 0) is 4.74 Å². The first-order valence-corrected chi connectivity index (χ1v) is 6.89. The molecule has 0 radical (unpaired) electrons. The minimum absolute atomic E-state index is 0.353. The highest BCUT2D eigenvalue weighted by molar-refractivity contribution is 9.10. The molecule has 0 bridgehead atoms. The van der Waals surface area contributed by atoms with Gasteiger partial charge in [0, 0.05) is 4.47 Å². The monoisotopic (exact) mass is 354 g/mol. The molecule has 0 atom stereocenters. The highest BCUT2D eigenvalue weighted by Crippen LogP contribution is 2.32. The van der Waals surface area contributed by atoms with Gasteiger partial charge in [-0.15, -0.1) is 0 Å². The van der Waals surface area contributed by atoms with Crippen molar-refractivity contribution >= 4 is 50.6 Å². The van der Waals surface area contributed by atoms with Crippen LogP contribution in [0, 0.1) is 0 Å². The maximum atomic E-state index is 11.8. The predicted octanol–water partition coefficient (Wildman–Crippen LogP) is 4.21. The summed E-state index contributed by atoms with van der Waals surface area (Å²) in [5.74, 6) is -0.465. The summed E-state index contributed by atoms with van der Waals surface area (Å²) in [5, 5.41) is 3.59. The second kappa shape index (κ2) is 6.15. The Hall–Kier alpha value is -1.72. The molecule has 0 fully saturated rings. The molecule has 20 heavy (non-hydrogen) atoms. The smallest absolute Gasteiger partial charge is 0.340 e. The minimum Gasteiger partial charge on any atom is -0.465 e. The summed E-state index contributed by atoms with van der Waals surface area (Å²) < 4.78 is 5.61. The van der Waals surface area contributed by atoms with E-state index in [1.807, 2.05) is 6.07 Å². The average molecular weight is 356 g/mol. The molecule has 2 aromatic rings. The van der Waals surface area contributed by atoms with Gasteiger partial charge in [-0.05, 0) is 30.3 Å². The number of halogens is 2. The summed E-state index contributed by atoms with van der Waals surface area (Å²) in [5.41, 5.74) is 7.84. The van der Waals surface area contributed by atoms with Gasteiger partial charge in [0.2, 0.25) is 0 Å². The Morgan fingerprint density at radius 3 is 2.75 bits per heavy atom. The first kappa shape index (κ1) is 14.7. The van der Waals surface area contributed by atoms with Gasteiger partial charge in [-0.25, -0.2) is 4.79 Å². The Morgan fingerprint density at radius 2 is 2.10 bits per heavy atom. The number of nitrogen functional groups attached to an aromatic ring is 1. The Kier molecular flexibility index (Phi) is 4.52. The number of para-hydroxylation sites is 1.